The second kappa shape index (κ2) is 9.34. The standard InChI is InChI=1S/C16H22F3N3.HI/c1-20-15(22-14-4-2-3-5-14)21-11-10-12-6-8-13(9-7-12)16(17,18)19;/h6-9,14H,2-5,10-11H2,1H3,(H2,20,21,22);1H. The number of aliphatic imine (C=N–C) groups is 1. The minimum absolute atomic E-state index is 0. The third-order valence-corrected chi connectivity index (χ3v) is 3.91. The van der Waals surface area contributed by atoms with Crippen molar-refractivity contribution >= 4 is 29.9 Å². The van der Waals surface area contributed by atoms with E-state index in [2.05, 4.69) is 15.6 Å². The number of hydrogen-bond acceptors (Lipinski definition) is 1. The third kappa shape index (κ3) is 6.56. The van der Waals surface area contributed by atoms with Crippen molar-refractivity contribution in [2.45, 2.75) is 44.3 Å². The maximum atomic E-state index is 12.5. The second-order valence-electron chi connectivity index (χ2n) is 5.57. The Balaban J connectivity index is 0.00000264. The van der Waals surface area contributed by atoms with Crippen LogP contribution in [0.25, 0.3) is 0 Å². The van der Waals surface area contributed by atoms with Crippen LogP contribution in [0.5, 0.6) is 0 Å². The van der Waals surface area contributed by atoms with Crippen molar-refractivity contribution in [2.75, 3.05) is 13.6 Å². The zero-order chi connectivity index (χ0) is 16.0. The quantitative estimate of drug-likeness (QED) is 0.422. The predicted octanol–water partition coefficient (Wildman–Crippen LogP) is 3.97. The van der Waals surface area contributed by atoms with Crippen molar-refractivity contribution < 1.29 is 13.2 Å². The Morgan fingerprint density at radius 2 is 1.78 bits per heavy atom. The number of guanidine groups is 1. The lowest BCUT2D eigenvalue weighted by Gasteiger charge is -2.16. The van der Waals surface area contributed by atoms with E-state index in [-0.39, 0.29) is 24.0 Å². The summed E-state index contributed by atoms with van der Waals surface area (Å²) in [7, 11) is 1.72. The van der Waals surface area contributed by atoms with E-state index in [0.29, 0.717) is 19.0 Å². The van der Waals surface area contributed by atoms with Crippen LogP contribution < -0.4 is 10.6 Å². The average Bonchev–Trinajstić information content (AvgIpc) is 2.99. The summed E-state index contributed by atoms with van der Waals surface area (Å²) in [5.74, 6) is 0.763. The van der Waals surface area contributed by atoms with Crippen molar-refractivity contribution in [1.29, 1.82) is 0 Å². The zero-order valence-corrected chi connectivity index (χ0v) is 15.4. The first-order valence-corrected chi connectivity index (χ1v) is 7.62. The van der Waals surface area contributed by atoms with Gasteiger partial charge in [-0.3, -0.25) is 4.99 Å². The number of nitrogens with zero attached hydrogens (tertiary/aromatic N) is 1. The van der Waals surface area contributed by atoms with Gasteiger partial charge in [-0.25, -0.2) is 0 Å². The number of rotatable bonds is 4. The smallest absolute Gasteiger partial charge is 0.356 e. The molecule has 130 valence electrons. The molecule has 0 bridgehead atoms. The van der Waals surface area contributed by atoms with Gasteiger partial charge in [0.25, 0.3) is 0 Å². The largest absolute Gasteiger partial charge is 0.416 e. The van der Waals surface area contributed by atoms with Gasteiger partial charge >= 0.3 is 6.18 Å². The number of halogens is 4. The number of nitrogens with one attached hydrogen (secondary N) is 2. The van der Waals surface area contributed by atoms with Gasteiger partial charge in [0.2, 0.25) is 0 Å². The summed E-state index contributed by atoms with van der Waals surface area (Å²) >= 11 is 0. The molecule has 1 aliphatic rings. The van der Waals surface area contributed by atoms with E-state index >= 15 is 0 Å². The first-order valence-electron chi connectivity index (χ1n) is 7.62. The highest BCUT2D eigenvalue weighted by atomic mass is 127. The maximum absolute atomic E-state index is 12.5. The van der Waals surface area contributed by atoms with Crippen LogP contribution >= 0.6 is 24.0 Å². The minimum atomic E-state index is -4.27. The van der Waals surface area contributed by atoms with Crippen LogP contribution in [0.4, 0.5) is 13.2 Å². The van der Waals surface area contributed by atoms with E-state index in [1.807, 2.05) is 0 Å². The molecule has 1 saturated carbocycles. The summed E-state index contributed by atoms with van der Waals surface area (Å²) < 4.78 is 37.4. The molecule has 2 N–H and O–H groups in total. The van der Waals surface area contributed by atoms with Gasteiger partial charge in [-0.05, 0) is 37.0 Å². The third-order valence-electron chi connectivity index (χ3n) is 3.91. The topological polar surface area (TPSA) is 36.4 Å². The maximum Gasteiger partial charge on any atom is 0.416 e. The second-order valence-corrected chi connectivity index (χ2v) is 5.57. The van der Waals surface area contributed by atoms with Crippen LogP contribution in [0, 0.1) is 0 Å². The fourth-order valence-electron chi connectivity index (χ4n) is 2.64. The molecule has 2 rings (SSSR count). The van der Waals surface area contributed by atoms with Gasteiger partial charge in [-0.1, -0.05) is 25.0 Å². The molecule has 1 aliphatic carbocycles. The summed E-state index contributed by atoms with van der Waals surface area (Å²) in [5.41, 5.74) is 0.264. The Morgan fingerprint density at radius 3 is 2.30 bits per heavy atom. The molecule has 1 fully saturated rings. The van der Waals surface area contributed by atoms with E-state index in [4.69, 9.17) is 0 Å². The lowest BCUT2D eigenvalue weighted by molar-refractivity contribution is -0.137. The first-order chi connectivity index (χ1) is 10.5. The van der Waals surface area contributed by atoms with Crippen molar-refractivity contribution in [1.82, 2.24) is 10.6 Å². The molecular weight excluding hydrogens is 418 g/mol. The van der Waals surface area contributed by atoms with Gasteiger partial charge in [0.1, 0.15) is 0 Å². The molecule has 3 nitrogen and oxygen atoms in total. The van der Waals surface area contributed by atoms with Crippen LogP contribution in [-0.2, 0) is 12.6 Å². The molecule has 0 unspecified atom stereocenters. The Labute approximate surface area is 152 Å². The van der Waals surface area contributed by atoms with Crippen molar-refractivity contribution in [3.63, 3.8) is 0 Å². The van der Waals surface area contributed by atoms with Gasteiger partial charge in [-0.15, -0.1) is 24.0 Å². The molecule has 0 atom stereocenters. The van der Waals surface area contributed by atoms with Gasteiger partial charge < -0.3 is 10.6 Å². The summed E-state index contributed by atoms with van der Waals surface area (Å²) in [5, 5.41) is 6.58. The molecule has 0 spiro atoms. The van der Waals surface area contributed by atoms with Gasteiger partial charge in [0, 0.05) is 19.6 Å². The molecule has 0 aliphatic heterocycles. The van der Waals surface area contributed by atoms with Crippen LogP contribution in [0.1, 0.15) is 36.8 Å². The van der Waals surface area contributed by atoms with Crippen molar-refractivity contribution in [2.24, 2.45) is 4.99 Å². The fraction of sp³-hybridized carbons (Fsp3) is 0.562. The van der Waals surface area contributed by atoms with Crippen LogP contribution in [0.3, 0.4) is 0 Å². The van der Waals surface area contributed by atoms with E-state index in [0.717, 1.165) is 23.7 Å². The van der Waals surface area contributed by atoms with E-state index < -0.39 is 11.7 Å². The van der Waals surface area contributed by atoms with Crippen LogP contribution in [0.15, 0.2) is 29.3 Å². The van der Waals surface area contributed by atoms with Crippen molar-refractivity contribution in [3.05, 3.63) is 35.4 Å². The first kappa shape index (κ1) is 20.1. The van der Waals surface area contributed by atoms with E-state index in [9.17, 15) is 13.2 Å². The number of hydrogen-bond donors (Lipinski definition) is 2. The van der Waals surface area contributed by atoms with Crippen LogP contribution in [0.2, 0.25) is 0 Å². The number of benzene rings is 1. The molecule has 0 saturated heterocycles. The van der Waals surface area contributed by atoms with Gasteiger partial charge in [0.15, 0.2) is 5.96 Å². The Bertz CT molecular complexity index is 494. The molecular formula is C16H23F3IN3. The lowest BCUT2D eigenvalue weighted by Crippen LogP contribution is -2.42. The normalized spacial score (nSPS) is 16.1. The minimum Gasteiger partial charge on any atom is -0.356 e. The van der Waals surface area contributed by atoms with Crippen molar-refractivity contribution in [3.8, 4) is 0 Å². The summed E-state index contributed by atoms with van der Waals surface area (Å²) in [4.78, 5) is 4.17. The van der Waals surface area contributed by atoms with Gasteiger partial charge in [0.05, 0.1) is 5.56 Å². The molecule has 1 aromatic carbocycles. The fourth-order valence-corrected chi connectivity index (χ4v) is 2.64. The SMILES string of the molecule is CN=C(NCCc1ccc(C(F)(F)F)cc1)NC1CCCC1.I. The Morgan fingerprint density at radius 1 is 1.17 bits per heavy atom. The molecule has 1 aromatic rings. The molecule has 7 heteroatoms. The van der Waals surface area contributed by atoms with Gasteiger partial charge in [-0.2, -0.15) is 13.2 Å². The monoisotopic (exact) mass is 441 g/mol. The highest BCUT2D eigenvalue weighted by Gasteiger charge is 2.29. The highest BCUT2D eigenvalue weighted by Crippen LogP contribution is 2.29. The van der Waals surface area contributed by atoms with Crippen LogP contribution in [-0.4, -0.2) is 25.6 Å². The molecule has 0 radical (unpaired) electrons. The average molecular weight is 441 g/mol. The Hall–Kier alpha value is -0.990. The van der Waals surface area contributed by atoms with E-state index in [1.165, 1.54) is 37.8 Å². The Kier molecular flexibility index (Phi) is 8.15. The van der Waals surface area contributed by atoms with E-state index in [1.54, 1.807) is 7.05 Å². The predicted molar refractivity (Wildman–Crippen MR) is 97.3 cm³/mol. The zero-order valence-electron chi connectivity index (χ0n) is 13.1. The molecule has 0 amide bonds. The summed E-state index contributed by atoms with van der Waals surface area (Å²) in [6.45, 7) is 0.637. The molecule has 0 heterocycles. The lowest BCUT2D eigenvalue weighted by atomic mass is 10.1. The highest BCUT2D eigenvalue weighted by molar-refractivity contribution is 14.0. The molecule has 0 aromatic heterocycles. The molecule has 23 heavy (non-hydrogen) atoms. The summed E-state index contributed by atoms with van der Waals surface area (Å²) in [6, 6.07) is 5.79. The number of alkyl halides is 3. The summed E-state index contributed by atoms with van der Waals surface area (Å²) in [6.07, 6.45) is 1.22.